The van der Waals surface area contributed by atoms with Crippen LogP contribution >= 0.6 is 0 Å². The lowest BCUT2D eigenvalue weighted by molar-refractivity contribution is 0.0941. The average molecular weight is 326 g/mol. The van der Waals surface area contributed by atoms with E-state index in [4.69, 9.17) is 9.26 Å². The molecule has 0 saturated carbocycles. The van der Waals surface area contributed by atoms with Crippen LogP contribution in [0.2, 0.25) is 0 Å². The second-order valence-corrected chi connectivity index (χ2v) is 5.08. The Morgan fingerprint density at radius 3 is 2.71 bits per heavy atom. The highest BCUT2D eigenvalue weighted by Gasteiger charge is 2.14. The zero-order chi connectivity index (χ0) is 16.9. The molecule has 0 spiro atoms. The predicted octanol–water partition coefficient (Wildman–Crippen LogP) is 3.42. The van der Waals surface area contributed by atoms with Gasteiger partial charge >= 0.3 is 0 Å². The fraction of sp³-hybridized carbons (Fsp3) is 0.111. The Hall–Kier alpha value is -3.15. The molecular formula is C18H15FN2O3. The van der Waals surface area contributed by atoms with Crippen molar-refractivity contribution in [3.63, 3.8) is 0 Å². The number of amides is 1. The number of nitrogens with one attached hydrogen (secondary N) is 1. The molecular weight excluding hydrogens is 311 g/mol. The summed E-state index contributed by atoms with van der Waals surface area (Å²) in [5.74, 6) is 0.397. The van der Waals surface area contributed by atoms with Crippen molar-refractivity contribution in [1.82, 2.24) is 10.5 Å². The number of nitrogens with zero attached hydrogens (tertiary/aromatic N) is 1. The predicted molar refractivity (Wildman–Crippen MR) is 86.1 cm³/mol. The highest BCUT2D eigenvalue weighted by Crippen LogP contribution is 2.21. The fourth-order valence-electron chi connectivity index (χ4n) is 2.25. The van der Waals surface area contributed by atoms with Gasteiger partial charge in [0.25, 0.3) is 5.91 Å². The van der Waals surface area contributed by atoms with Crippen molar-refractivity contribution in [2.75, 3.05) is 7.11 Å². The maximum absolute atomic E-state index is 12.9. The average Bonchev–Trinajstić information content (AvgIpc) is 3.10. The molecule has 0 fully saturated rings. The van der Waals surface area contributed by atoms with Crippen LogP contribution in [-0.2, 0) is 6.54 Å². The maximum atomic E-state index is 12.9. The van der Waals surface area contributed by atoms with E-state index in [-0.39, 0.29) is 17.4 Å². The van der Waals surface area contributed by atoms with E-state index in [1.165, 1.54) is 18.2 Å². The van der Waals surface area contributed by atoms with E-state index >= 15 is 0 Å². The van der Waals surface area contributed by atoms with Crippen LogP contribution in [0.5, 0.6) is 5.75 Å². The topological polar surface area (TPSA) is 64.4 Å². The van der Waals surface area contributed by atoms with Gasteiger partial charge in [0.2, 0.25) is 0 Å². The number of benzene rings is 2. The van der Waals surface area contributed by atoms with E-state index in [9.17, 15) is 9.18 Å². The molecule has 0 unspecified atom stereocenters. The van der Waals surface area contributed by atoms with E-state index < -0.39 is 0 Å². The summed E-state index contributed by atoms with van der Waals surface area (Å²) in [5, 5.41) is 6.52. The van der Waals surface area contributed by atoms with Crippen LogP contribution in [0.4, 0.5) is 4.39 Å². The Labute approximate surface area is 138 Å². The van der Waals surface area contributed by atoms with Gasteiger partial charge in [-0.25, -0.2) is 4.39 Å². The van der Waals surface area contributed by atoms with E-state index in [0.29, 0.717) is 23.6 Å². The molecule has 1 heterocycles. The highest BCUT2D eigenvalue weighted by atomic mass is 19.1. The van der Waals surface area contributed by atoms with Crippen molar-refractivity contribution < 1.29 is 18.4 Å². The zero-order valence-electron chi connectivity index (χ0n) is 13.0. The first kappa shape index (κ1) is 15.7. The molecule has 6 heteroatoms. The smallest absolute Gasteiger partial charge is 0.273 e. The molecule has 0 aliphatic heterocycles. The van der Waals surface area contributed by atoms with Gasteiger partial charge in [-0.1, -0.05) is 23.4 Å². The zero-order valence-corrected chi connectivity index (χ0v) is 13.0. The number of carbonyl (C=O) groups is 1. The standard InChI is InChI=1S/C18H15FN2O3/c1-23-16-5-3-2-4-13(16)11-20-18(22)15-10-17(24-21-15)12-6-8-14(19)9-7-12/h2-10H,11H2,1H3,(H,20,22). The molecule has 0 aliphatic carbocycles. The number of hydrogen-bond acceptors (Lipinski definition) is 4. The van der Waals surface area contributed by atoms with Crippen LogP contribution in [0, 0.1) is 5.82 Å². The first-order valence-electron chi connectivity index (χ1n) is 7.30. The first-order chi connectivity index (χ1) is 11.7. The molecule has 24 heavy (non-hydrogen) atoms. The number of methoxy groups -OCH3 is 1. The van der Waals surface area contributed by atoms with Gasteiger partial charge in [-0.3, -0.25) is 4.79 Å². The summed E-state index contributed by atoms with van der Waals surface area (Å²) < 4.78 is 23.3. The van der Waals surface area contributed by atoms with Gasteiger partial charge in [0.1, 0.15) is 11.6 Å². The Morgan fingerprint density at radius 2 is 1.96 bits per heavy atom. The number of rotatable bonds is 5. The third-order valence-electron chi connectivity index (χ3n) is 3.50. The number of halogens is 1. The van der Waals surface area contributed by atoms with Crippen LogP contribution < -0.4 is 10.1 Å². The van der Waals surface area contributed by atoms with Gasteiger partial charge in [0, 0.05) is 23.7 Å². The fourth-order valence-corrected chi connectivity index (χ4v) is 2.25. The minimum Gasteiger partial charge on any atom is -0.496 e. The van der Waals surface area contributed by atoms with Crippen molar-refractivity contribution in [3.8, 4) is 17.1 Å². The lowest BCUT2D eigenvalue weighted by atomic mass is 10.1. The molecule has 0 atom stereocenters. The van der Waals surface area contributed by atoms with E-state index in [1.807, 2.05) is 24.3 Å². The molecule has 1 aromatic heterocycles. The molecule has 122 valence electrons. The van der Waals surface area contributed by atoms with Crippen molar-refractivity contribution in [3.05, 3.63) is 71.7 Å². The molecule has 3 aromatic rings. The summed E-state index contributed by atoms with van der Waals surface area (Å²) in [6, 6.07) is 14.7. The SMILES string of the molecule is COc1ccccc1CNC(=O)c1cc(-c2ccc(F)cc2)on1. The van der Waals surface area contributed by atoms with E-state index in [2.05, 4.69) is 10.5 Å². The summed E-state index contributed by atoms with van der Waals surface area (Å²) in [6.45, 7) is 0.307. The normalized spacial score (nSPS) is 10.4. The number of ether oxygens (including phenoxy) is 1. The van der Waals surface area contributed by atoms with Crippen molar-refractivity contribution in [1.29, 1.82) is 0 Å². The monoisotopic (exact) mass is 326 g/mol. The molecule has 1 amide bonds. The first-order valence-corrected chi connectivity index (χ1v) is 7.30. The third-order valence-corrected chi connectivity index (χ3v) is 3.50. The number of aromatic nitrogens is 1. The molecule has 5 nitrogen and oxygen atoms in total. The van der Waals surface area contributed by atoms with Gasteiger partial charge in [-0.2, -0.15) is 0 Å². The van der Waals surface area contributed by atoms with Crippen LogP contribution in [0.3, 0.4) is 0 Å². The van der Waals surface area contributed by atoms with Crippen LogP contribution in [-0.4, -0.2) is 18.2 Å². The quantitative estimate of drug-likeness (QED) is 0.780. The number of para-hydroxylation sites is 1. The van der Waals surface area contributed by atoms with Gasteiger partial charge in [0.05, 0.1) is 7.11 Å². The van der Waals surface area contributed by atoms with E-state index in [1.54, 1.807) is 19.2 Å². The van der Waals surface area contributed by atoms with Crippen molar-refractivity contribution in [2.24, 2.45) is 0 Å². The Kier molecular flexibility index (Phi) is 4.56. The van der Waals surface area contributed by atoms with Gasteiger partial charge in [-0.05, 0) is 30.3 Å². The van der Waals surface area contributed by atoms with Crippen LogP contribution in [0.25, 0.3) is 11.3 Å². The molecule has 2 aromatic carbocycles. The summed E-state index contributed by atoms with van der Waals surface area (Å²) in [4.78, 5) is 12.2. The minimum atomic E-state index is -0.363. The number of hydrogen-bond donors (Lipinski definition) is 1. The van der Waals surface area contributed by atoms with Gasteiger partial charge in [-0.15, -0.1) is 0 Å². The van der Waals surface area contributed by atoms with E-state index in [0.717, 1.165) is 5.56 Å². The molecule has 3 rings (SSSR count). The Balaban J connectivity index is 1.69. The molecule has 0 bridgehead atoms. The minimum absolute atomic E-state index is 0.157. The number of carbonyl (C=O) groups excluding carboxylic acids is 1. The molecule has 0 radical (unpaired) electrons. The lowest BCUT2D eigenvalue weighted by Crippen LogP contribution is -2.23. The van der Waals surface area contributed by atoms with Gasteiger partial charge in [0.15, 0.2) is 11.5 Å². The maximum Gasteiger partial charge on any atom is 0.273 e. The summed E-state index contributed by atoms with van der Waals surface area (Å²) in [5.41, 5.74) is 1.66. The second kappa shape index (κ2) is 6.95. The van der Waals surface area contributed by atoms with Crippen LogP contribution in [0.1, 0.15) is 16.1 Å². The van der Waals surface area contributed by atoms with Crippen LogP contribution in [0.15, 0.2) is 59.1 Å². The largest absolute Gasteiger partial charge is 0.496 e. The summed E-state index contributed by atoms with van der Waals surface area (Å²) >= 11 is 0. The molecule has 0 saturated heterocycles. The molecule has 0 aliphatic rings. The second-order valence-electron chi connectivity index (χ2n) is 5.08. The lowest BCUT2D eigenvalue weighted by Gasteiger charge is -2.08. The molecule has 1 N–H and O–H groups in total. The van der Waals surface area contributed by atoms with Crippen molar-refractivity contribution in [2.45, 2.75) is 6.54 Å². The summed E-state index contributed by atoms with van der Waals surface area (Å²) in [7, 11) is 1.58. The Morgan fingerprint density at radius 1 is 1.21 bits per heavy atom. The summed E-state index contributed by atoms with van der Waals surface area (Å²) in [6.07, 6.45) is 0. The Bertz CT molecular complexity index is 843. The highest BCUT2D eigenvalue weighted by molar-refractivity contribution is 5.93. The third kappa shape index (κ3) is 3.43. The van der Waals surface area contributed by atoms with Crippen molar-refractivity contribution >= 4 is 5.91 Å². The van der Waals surface area contributed by atoms with Gasteiger partial charge < -0.3 is 14.6 Å².